The van der Waals surface area contributed by atoms with E-state index in [4.69, 9.17) is 15.9 Å². The monoisotopic (exact) mass is 391 g/mol. The highest BCUT2D eigenvalue weighted by molar-refractivity contribution is 5.76. The molecule has 1 N–H and O–H groups in total. The van der Waals surface area contributed by atoms with Crippen molar-refractivity contribution < 1.29 is 27.4 Å². The number of hydrogen-bond donors (Lipinski definition) is 1. The normalized spacial score (nSPS) is 10.8. The van der Waals surface area contributed by atoms with E-state index in [1.54, 1.807) is 12.1 Å². The number of alkyl halides is 3. The summed E-state index contributed by atoms with van der Waals surface area (Å²) in [6, 6.07) is 10.0. The number of rotatable bonds is 8. The summed E-state index contributed by atoms with van der Waals surface area (Å²) in [4.78, 5) is 12.0. The molecule has 148 valence electrons. The van der Waals surface area contributed by atoms with Crippen LogP contribution in [0.15, 0.2) is 42.5 Å². The number of amides is 1. The fourth-order valence-corrected chi connectivity index (χ4v) is 2.46. The summed E-state index contributed by atoms with van der Waals surface area (Å²) in [6.45, 7) is 0.293. The Balaban J connectivity index is 1.84. The van der Waals surface area contributed by atoms with E-state index in [0.29, 0.717) is 23.5 Å². The van der Waals surface area contributed by atoms with Crippen LogP contribution in [0.25, 0.3) is 0 Å². The summed E-state index contributed by atoms with van der Waals surface area (Å²) in [5, 5.41) is 2.70. The third-order valence-corrected chi connectivity index (χ3v) is 3.95. The van der Waals surface area contributed by atoms with Gasteiger partial charge in [0.25, 0.3) is 0 Å². The molecule has 0 saturated carbocycles. The van der Waals surface area contributed by atoms with Crippen molar-refractivity contribution in [2.75, 3.05) is 13.7 Å². The van der Waals surface area contributed by atoms with E-state index in [9.17, 15) is 18.0 Å². The predicted octanol–water partition coefficient (Wildman–Crippen LogP) is 3.98. The summed E-state index contributed by atoms with van der Waals surface area (Å²) in [6.07, 6.45) is 1.50. The summed E-state index contributed by atoms with van der Waals surface area (Å²) < 4.78 is 48.2. The summed E-state index contributed by atoms with van der Waals surface area (Å²) in [5.74, 6) is 3.22. The van der Waals surface area contributed by atoms with E-state index < -0.39 is 11.7 Å². The van der Waals surface area contributed by atoms with Crippen LogP contribution in [0.5, 0.6) is 11.5 Å². The Bertz CT molecular complexity index is 839. The van der Waals surface area contributed by atoms with Crippen molar-refractivity contribution in [3.05, 3.63) is 59.2 Å². The zero-order chi connectivity index (χ0) is 20.6. The van der Waals surface area contributed by atoms with Gasteiger partial charge >= 0.3 is 6.18 Å². The van der Waals surface area contributed by atoms with Gasteiger partial charge in [0.15, 0.2) is 11.5 Å². The van der Waals surface area contributed by atoms with Crippen LogP contribution in [0, 0.1) is 12.3 Å². The fourth-order valence-electron chi connectivity index (χ4n) is 2.46. The second-order valence-corrected chi connectivity index (χ2v) is 5.95. The SMILES string of the molecule is C#CCOc1ccc(CCC(=O)NCc2ccc(C(F)(F)F)cc2)cc1OC. The van der Waals surface area contributed by atoms with Gasteiger partial charge in [-0.15, -0.1) is 6.42 Å². The average molecular weight is 391 g/mol. The molecule has 2 rings (SSSR count). The van der Waals surface area contributed by atoms with E-state index in [0.717, 1.165) is 17.7 Å². The van der Waals surface area contributed by atoms with Crippen LogP contribution in [0.1, 0.15) is 23.1 Å². The number of hydrogen-bond acceptors (Lipinski definition) is 3. The zero-order valence-corrected chi connectivity index (χ0v) is 15.3. The smallest absolute Gasteiger partial charge is 0.416 e. The van der Waals surface area contributed by atoms with Crippen molar-refractivity contribution in [2.45, 2.75) is 25.6 Å². The maximum absolute atomic E-state index is 12.5. The van der Waals surface area contributed by atoms with Crippen molar-refractivity contribution in [1.29, 1.82) is 0 Å². The molecule has 0 aliphatic rings. The minimum Gasteiger partial charge on any atom is -0.493 e. The maximum atomic E-state index is 12.5. The number of ether oxygens (including phenoxy) is 2. The molecule has 0 atom stereocenters. The molecule has 1 amide bonds. The Morgan fingerprint density at radius 1 is 1.11 bits per heavy atom. The first kappa shape index (κ1) is 21.2. The Hall–Kier alpha value is -3.14. The molecule has 2 aromatic carbocycles. The molecule has 2 aromatic rings. The van der Waals surface area contributed by atoms with E-state index in [2.05, 4.69) is 11.2 Å². The lowest BCUT2D eigenvalue weighted by atomic mass is 10.1. The highest BCUT2D eigenvalue weighted by Crippen LogP contribution is 2.29. The number of terminal acetylenes is 1. The minimum atomic E-state index is -4.37. The molecule has 7 heteroatoms. The molecule has 0 unspecified atom stereocenters. The van der Waals surface area contributed by atoms with Crippen LogP contribution >= 0.6 is 0 Å². The van der Waals surface area contributed by atoms with Crippen LogP contribution in [0.3, 0.4) is 0 Å². The van der Waals surface area contributed by atoms with Gasteiger partial charge < -0.3 is 14.8 Å². The van der Waals surface area contributed by atoms with Gasteiger partial charge in [-0.25, -0.2) is 0 Å². The first-order valence-corrected chi connectivity index (χ1v) is 8.49. The number of carbonyl (C=O) groups excluding carboxylic acids is 1. The third-order valence-electron chi connectivity index (χ3n) is 3.95. The van der Waals surface area contributed by atoms with Crippen molar-refractivity contribution in [2.24, 2.45) is 0 Å². The summed E-state index contributed by atoms with van der Waals surface area (Å²) in [7, 11) is 1.51. The second-order valence-electron chi connectivity index (χ2n) is 5.95. The Morgan fingerprint density at radius 3 is 2.39 bits per heavy atom. The van der Waals surface area contributed by atoms with Crippen LogP contribution < -0.4 is 14.8 Å². The second kappa shape index (κ2) is 9.70. The molecule has 0 aromatic heterocycles. The average Bonchev–Trinajstić information content (AvgIpc) is 2.69. The van der Waals surface area contributed by atoms with Crippen molar-refractivity contribution >= 4 is 5.91 Å². The van der Waals surface area contributed by atoms with Crippen molar-refractivity contribution in [3.63, 3.8) is 0 Å². The fraction of sp³-hybridized carbons (Fsp3) is 0.286. The molecular weight excluding hydrogens is 371 g/mol. The van der Waals surface area contributed by atoms with E-state index in [1.807, 2.05) is 6.07 Å². The van der Waals surface area contributed by atoms with Gasteiger partial charge in [0.1, 0.15) is 6.61 Å². The molecule has 0 heterocycles. The molecule has 0 aliphatic carbocycles. The largest absolute Gasteiger partial charge is 0.493 e. The van der Waals surface area contributed by atoms with Gasteiger partial charge in [0.05, 0.1) is 12.7 Å². The lowest BCUT2D eigenvalue weighted by Crippen LogP contribution is -2.23. The summed E-state index contributed by atoms with van der Waals surface area (Å²) in [5.41, 5.74) is 0.763. The van der Waals surface area contributed by atoms with Gasteiger partial charge in [0, 0.05) is 13.0 Å². The van der Waals surface area contributed by atoms with Gasteiger partial charge in [-0.1, -0.05) is 24.1 Å². The quantitative estimate of drug-likeness (QED) is 0.693. The lowest BCUT2D eigenvalue weighted by Gasteiger charge is -2.11. The minimum absolute atomic E-state index is 0.127. The summed E-state index contributed by atoms with van der Waals surface area (Å²) >= 11 is 0. The van der Waals surface area contributed by atoms with Crippen molar-refractivity contribution in [1.82, 2.24) is 5.32 Å². The first-order chi connectivity index (χ1) is 13.3. The number of nitrogens with one attached hydrogen (secondary N) is 1. The molecule has 0 aliphatic heterocycles. The zero-order valence-electron chi connectivity index (χ0n) is 15.3. The molecule has 0 spiro atoms. The molecule has 0 fully saturated rings. The highest BCUT2D eigenvalue weighted by Gasteiger charge is 2.29. The van der Waals surface area contributed by atoms with Crippen LogP contribution in [-0.4, -0.2) is 19.6 Å². The molecular formula is C21H20F3NO3. The number of methoxy groups -OCH3 is 1. The molecule has 4 nitrogen and oxygen atoms in total. The highest BCUT2D eigenvalue weighted by atomic mass is 19.4. The van der Waals surface area contributed by atoms with Gasteiger partial charge in [-0.2, -0.15) is 13.2 Å². The topological polar surface area (TPSA) is 47.6 Å². The molecule has 0 bridgehead atoms. The van der Waals surface area contributed by atoms with Crippen LogP contribution in [0.2, 0.25) is 0 Å². The molecule has 0 radical (unpaired) electrons. The lowest BCUT2D eigenvalue weighted by molar-refractivity contribution is -0.137. The first-order valence-electron chi connectivity index (χ1n) is 8.49. The predicted molar refractivity (Wildman–Crippen MR) is 98.9 cm³/mol. The molecule has 0 saturated heterocycles. The molecule has 28 heavy (non-hydrogen) atoms. The van der Waals surface area contributed by atoms with Gasteiger partial charge in [-0.05, 0) is 41.8 Å². The van der Waals surface area contributed by atoms with Gasteiger partial charge in [0.2, 0.25) is 5.91 Å². The van der Waals surface area contributed by atoms with E-state index in [1.165, 1.54) is 19.2 Å². The maximum Gasteiger partial charge on any atom is 0.416 e. The van der Waals surface area contributed by atoms with E-state index in [-0.39, 0.29) is 25.5 Å². The number of benzene rings is 2. The number of carbonyl (C=O) groups is 1. The Kier molecular flexibility index (Phi) is 7.33. The Labute approximate surface area is 161 Å². The number of halogens is 3. The standard InChI is InChI=1S/C21H20F3NO3/c1-3-12-28-18-10-6-15(13-19(18)27-2)7-11-20(26)25-14-16-4-8-17(9-5-16)21(22,23)24/h1,4-6,8-10,13H,7,11-12,14H2,2H3,(H,25,26). The van der Waals surface area contributed by atoms with Crippen molar-refractivity contribution in [3.8, 4) is 23.8 Å². The Morgan fingerprint density at radius 2 is 1.79 bits per heavy atom. The van der Waals surface area contributed by atoms with E-state index >= 15 is 0 Å². The van der Waals surface area contributed by atoms with Gasteiger partial charge in [-0.3, -0.25) is 4.79 Å². The third kappa shape index (κ3) is 6.23. The number of aryl methyl sites for hydroxylation is 1. The van der Waals surface area contributed by atoms with Crippen LogP contribution in [-0.2, 0) is 23.9 Å². The van der Waals surface area contributed by atoms with Crippen LogP contribution in [0.4, 0.5) is 13.2 Å².